The second-order valence-electron chi connectivity index (χ2n) is 8.70. The molecule has 7 nitrogen and oxygen atoms in total. The molecule has 4 aromatic rings. The predicted molar refractivity (Wildman–Crippen MR) is 139 cm³/mol. The first-order chi connectivity index (χ1) is 17.0. The molecule has 0 aliphatic carbocycles. The summed E-state index contributed by atoms with van der Waals surface area (Å²) in [4.78, 5) is 15.0. The molecule has 2 aromatic carbocycles. The topological polar surface area (TPSA) is 76.2 Å². The predicted octanol–water partition coefficient (Wildman–Crippen LogP) is 4.84. The molecule has 0 aliphatic heterocycles. The highest BCUT2D eigenvalue weighted by atomic mass is 32.2. The number of aromatic nitrogens is 3. The van der Waals surface area contributed by atoms with E-state index >= 15 is 0 Å². The van der Waals surface area contributed by atoms with E-state index < -0.39 is 0 Å². The van der Waals surface area contributed by atoms with Crippen LogP contribution in [-0.2, 0) is 24.4 Å². The molecule has 2 aromatic heterocycles. The molecule has 0 spiro atoms. The van der Waals surface area contributed by atoms with Crippen LogP contribution in [0.15, 0.2) is 82.6 Å². The Hall–Kier alpha value is -3.36. The van der Waals surface area contributed by atoms with Crippen LogP contribution in [-0.4, -0.2) is 44.4 Å². The lowest BCUT2D eigenvalue weighted by Crippen LogP contribution is -2.28. The molecule has 0 bridgehead atoms. The van der Waals surface area contributed by atoms with Gasteiger partial charge in [0.15, 0.2) is 10.9 Å². The average Bonchev–Trinajstić information content (AvgIpc) is 3.53. The molecule has 0 saturated carbocycles. The SMILES string of the molecule is CC(C)N(C)Cc1ccccc1CNC(=O)CSc1nnc(-c2ccco2)n1Cc1ccccc1. The molecule has 0 unspecified atom stereocenters. The molecule has 0 radical (unpaired) electrons. The van der Waals surface area contributed by atoms with Crippen LogP contribution in [0.1, 0.15) is 30.5 Å². The summed E-state index contributed by atoms with van der Waals surface area (Å²) in [6.07, 6.45) is 1.62. The maximum absolute atomic E-state index is 12.7. The number of carbonyl (C=O) groups excluding carboxylic acids is 1. The normalized spacial score (nSPS) is 11.3. The lowest BCUT2D eigenvalue weighted by atomic mass is 10.1. The molecule has 0 fully saturated rings. The lowest BCUT2D eigenvalue weighted by Gasteiger charge is -2.22. The van der Waals surface area contributed by atoms with Crippen LogP contribution < -0.4 is 5.32 Å². The monoisotopic (exact) mass is 489 g/mol. The van der Waals surface area contributed by atoms with Gasteiger partial charge in [0.2, 0.25) is 11.7 Å². The minimum Gasteiger partial charge on any atom is -0.461 e. The minimum absolute atomic E-state index is 0.0455. The van der Waals surface area contributed by atoms with Crippen molar-refractivity contribution in [2.75, 3.05) is 12.8 Å². The Labute approximate surface area is 210 Å². The Morgan fingerprint density at radius 2 is 1.77 bits per heavy atom. The minimum atomic E-state index is -0.0455. The smallest absolute Gasteiger partial charge is 0.230 e. The highest BCUT2D eigenvalue weighted by Gasteiger charge is 2.18. The summed E-state index contributed by atoms with van der Waals surface area (Å²) in [7, 11) is 2.11. The molecule has 1 N–H and O–H groups in total. The van der Waals surface area contributed by atoms with E-state index in [0.29, 0.717) is 35.9 Å². The zero-order chi connectivity index (χ0) is 24.6. The van der Waals surface area contributed by atoms with Gasteiger partial charge in [0, 0.05) is 19.1 Å². The van der Waals surface area contributed by atoms with Gasteiger partial charge in [-0.3, -0.25) is 14.3 Å². The molecule has 182 valence electrons. The Bertz CT molecular complexity index is 1220. The second-order valence-corrected chi connectivity index (χ2v) is 9.64. The van der Waals surface area contributed by atoms with Gasteiger partial charge in [0.1, 0.15) is 0 Å². The summed E-state index contributed by atoms with van der Waals surface area (Å²) in [6.45, 7) is 6.28. The van der Waals surface area contributed by atoms with Gasteiger partial charge in [-0.25, -0.2) is 0 Å². The van der Waals surface area contributed by atoms with Crippen molar-refractivity contribution in [2.24, 2.45) is 0 Å². The van der Waals surface area contributed by atoms with Crippen LogP contribution in [0.25, 0.3) is 11.6 Å². The lowest BCUT2D eigenvalue weighted by molar-refractivity contribution is -0.118. The first-order valence-corrected chi connectivity index (χ1v) is 12.7. The maximum atomic E-state index is 12.7. The summed E-state index contributed by atoms with van der Waals surface area (Å²) in [5, 5.41) is 12.4. The van der Waals surface area contributed by atoms with Crippen molar-refractivity contribution in [3.63, 3.8) is 0 Å². The van der Waals surface area contributed by atoms with Crippen molar-refractivity contribution < 1.29 is 9.21 Å². The quantitative estimate of drug-likeness (QED) is 0.304. The van der Waals surface area contributed by atoms with Crippen LogP contribution in [0.2, 0.25) is 0 Å². The highest BCUT2D eigenvalue weighted by molar-refractivity contribution is 7.99. The summed E-state index contributed by atoms with van der Waals surface area (Å²) < 4.78 is 7.55. The van der Waals surface area contributed by atoms with E-state index in [9.17, 15) is 4.79 Å². The van der Waals surface area contributed by atoms with Crippen molar-refractivity contribution in [3.05, 3.63) is 89.7 Å². The largest absolute Gasteiger partial charge is 0.461 e. The van der Waals surface area contributed by atoms with E-state index in [1.807, 2.05) is 47.0 Å². The van der Waals surface area contributed by atoms with Crippen molar-refractivity contribution in [3.8, 4) is 11.6 Å². The van der Waals surface area contributed by atoms with Crippen LogP contribution in [0.4, 0.5) is 0 Å². The molecule has 1 amide bonds. The Morgan fingerprint density at radius 3 is 2.49 bits per heavy atom. The van der Waals surface area contributed by atoms with Gasteiger partial charge >= 0.3 is 0 Å². The van der Waals surface area contributed by atoms with E-state index in [-0.39, 0.29) is 11.7 Å². The molecular weight excluding hydrogens is 458 g/mol. The van der Waals surface area contributed by atoms with Gasteiger partial charge < -0.3 is 9.73 Å². The van der Waals surface area contributed by atoms with Crippen LogP contribution >= 0.6 is 11.8 Å². The number of carbonyl (C=O) groups is 1. The molecule has 2 heterocycles. The van der Waals surface area contributed by atoms with Gasteiger partial charge in [-0.1, -0.05) is 66.4 Å². The first-order valence-electron chi connectivity index (χ1n) is 11.7. The number of amides is 1. The molecule has 4 rings (SSSR count). The molecule has 0 saturated heterocycles. The fraction of sp³-hybridized carbons (Fsp3) is 0.296. The van der Waals surface area contributed by atoms with E-state index in [4.69, 9.17) is 4.42 Å². The van der Waals surface area contributed by atoms with Crippen LogP contribution in [0.3, 0.4) is 0 Å². The summed E-state index contributed by atoms with van der Waals surface area (Å²) in [5.74, 6) is 1.49. The molecule has 8 heteroatoms. The van der Waals surface area contributed by atoms with Crippen LogP contribution in [0, 0.1) is 0 Å². The third kappa shape index (κ3) is 6.61. The number of hydrogen-bond acceptors (Lipinski definition) is 6. The first kappa shape index (κ1) is 24.8. The molecule has 35 heavy (non-hydrogen) atoms. The number of furan rings is 1. The maximum Gasteiger partial charge on any atom is 0.230 e. The van der Waals surface area contributed by atoms with Crippen molar-refractivity contribution in [1.82, 2.24) is 25.0 Å². The summed E-state index contributed by atoms with van der Waals surface area (Å²) in [6, 6.07) is 22.5. The number of nitrogens with zero attached hydrogens (tertiary/aromatic N) is 4. The molecular formula is C27H31N5O2S. The summed E-state index contributed by atoms with van der Waals surface area (Å²) in [5.41, 5.74) is 3.47. The van der Waals surface area contributed by atoms with Gasteiger partial charge in [-0.2, -0.15) is 0 Å². The number of benzene rings is 2. The summed E-state index contributed by atoms with van der Waals surface area (Å²) >= 11 is 1.37. The van der Waals surface area contributed by atoms with Crippen LogP contribution in [0.5, 0.6) is 0 Å². The highest BCUT2D eigenvalue weighted by Crippen LogP contribution is 2.25. The third-order valence-corrected chi connectivity index (χ3v) is 6.84. The zero-order valence-corrected chi connectivity index (χ0v) is 21.2. The Morgan fingerprint density at radius 1 is 1.03 bits per heavy atom. The van der Waals surface area contributed by atoms with Crippen molar-refractivity contribution >= 4 is 17.7 Å². The fourth-order valence-corrected chi connectivity index (χ4v) is 4.37. The standard InChI is InChI=1S/C27H31N5O2S/c1-20(2)31(3)18-23-13-8-7-12-22(23)16-28-25(33)19-35-27-30-29-26(24-14-9-15-34-24)32(27)17-21-10-5-4-6-11-21/h4-15,20H,16-19H2,1-3H3,(H,28,33). The van der Waals surface area contributed by atoms with E-state index in [1.54, 1.807) is 6.26 Å². The average molecular weight is 490 g/mol. The molecule has 0 atom stereocenters. The fourth-order valence-electron chi connectivity index (χ4n) is 3.60. The second kappa shape index (κ2) is 11.9. The number of nitrogens with one attached hydrogen (secondary N) is 1. The number of thioether (sulfide) groups is 1. The molecule has 0 aliphatic rings. The van der Waals surface area contributed by atoms with Gasteiger partial charge in [0.05, 0.1) is 18.6 Å². The van der Waals surface area contributed by atoms with Gasteiger partial charge in [-0.05, 0) is 49.7 Å². The van der Waals surface area contributed by atoms with E-state index in [2.05, 4.69) is 65.6 Å². The van der Waals surface area contributed by atoms with E-state index in [0.717, 1.165) is 17.7 Å². The third-order valence-electron chi connectivity index (χ3n) is 5.87. The number of hydrogen-bond donors (Lipinski definition) is 1. The van der Waals surface area contributed by atoms with Crippen molar-refractivity contribution in [2.45, 2.75) is 44.7 Å². The Balaban J connectivity index is 1.41. The van der Waals surface area contributed by atoms with Crippen molar-refractivity contribution in [1.29, 1.82) is 0 Å². The van der Waals surface area contributed by atoms with E-state index in [1.165, 1.54) is 17.3 Å². The number of rotatable bonds is 11. The van der Waals surface area contributed by atoms with Gasteiger partial charge in [0.25, 0.3) is 0 Å². The van der Waals surface area contributed by atoms with Gasteiger partial charge in [-0.15, -0.1) is 10.2 Å². The Kier molecular flexibility index (Phi) is 8.39. The zero-order valence-electron chi connectivity index (χ0n) is 20.3.